The van der Waals surface area contributed by atoms with Crippen LogP contribution in [0.15, 0.2) is 42.5 Å². The van der Waals surface area contributed by atoms with Crippen LogP contribution >= 0.6 is 0 Å². The van der Waals surface area contributed by atoms with Gasteiger partial charge in [0.25, 0.3) is 0 Å². The van der Waals surface area contributed by atoms with Crippen LogP contribution < -0.4 is 4.90 Å². The molecule has 4 nitrogen and oxygen atoms in total. The monoisotopic (exact) mass is 306 g/mol. The molecule has 0 aliphatic rings. The molecular formula is C18H15FN4. The van der Waals surface area contributed by atoms with Crippen molar-refractivity contribution in [2.75, 3.05) is 19.0 Å². The van der Waals surface area contributed by atoms with Crippen LogP contribution in [0.5, 0.6) is 0 Å². The minimum Gasteiger partial charge on any atom is -0.378 e. The number of hydrogen-bond acceptors (Lipinski definition) is 3. The second kappa shape index (κ2) is 5.93. The van der Waals surface area contributed by atoms with Crippen LogP contribution in [-0.4, -0.2) is 24.1 Å². The van der Waals surface area contributed by atoms with E-state index in [1.807, 2.05) is 43.3 Å². The lowest BCUT2D eigenvalue weighted by Gasteiger charge is -2.11. The summed E-state index contributed by atoms with van der Waals surface area (Å²) in [5.41, 5.74) is 3.59. The number of halogens is 1. The molecule has 1 N–H and O–H groups in total. The summed E-state index contributed by atoms with van der Waals surface area (Å²) >= 11 is 0. The number of nitriles is 1. The van der Waals surface area contributed by atoms with Crippen LogP contribution in [0.3, 0.4) is 0 Å². The van der Waals surface area contributed by atoms with Gasteiger partial charge in [-0.15, -0.1) is 0 Å². The molecule has 3 aromatic rings. The fourth-order valence-corrected chi connectivity index (χ4v) is 2.30. The lowest BCUT2D eigenvalue weighted by molar-refractivity contribution is 0.629. The van der Waals surface area contributed by atoms with Gasteiger partial charge in [-0.3, -0.25) is 0 Å². The highest BCUT2D eigenvalue weighted by Crippen LogP contribution is 2.21. The van der Waals surface area contributed by atoms with Gasteiger partial charge in [0, 0.05) is 19.8 Å². The Kier molecular flexibility index (Phi) is 3.82. The Hall–Kier alpha value is -3.13. The summed E-state index contributed by atoms with van der Waals surface area (Å²) in [7, 11) is 3.94. The van der Waals surface area contributed by atoms with Crippen molar-refractivity contribution >= 4 is 28.4 Å². The number of anilines is 1. The Morgan fingerprint density at radius 1 is 1.22 bits per heavy atom. The van der Waals surface area contributed by atoms with Gasteiger partial charge < -0.3 is 9.88 Å². The van der Waals surface area contributed by atoms with Crippen molar-refractivity contribution in [2.45, 2.75) is 0 Å². The van der Waals surface area contributed by atoms with Crippen LogP contribution in [0.4, 0.5) is 10.1 Å². The molecule has 0 radical (unpaired) electrons. The van der Waals surface area contributed by atoms with E-state index in [1.165, 1.54) is 12.1 Å². The summed E-state index contributed by atoms with van der Waals surface area (Å²) in [6.45, 7) is 0. The summed E-state index contributed by atoms with van der Waals surface area (Å²) in [6, 6.07) is 14.3. The molecular weight excluding hydrogens is 291 g/mol. The third kappa shape index (κ3) is 3.06. The number of allylic oxidation sites excluding steroid dienone is 1. The van der Waals surface area contributed by atoms with Gasteiger partial charge in [-0.05, 0) is 42.0 Å². The normalized spacial score (nSPS) is 11.5. The van der Waals surface area contributed by atoms with Crippen LogP contribution in [0.2, 0.25) is 0 Å². The van der Waals surface area contributed by atoms with Crippen LogP contribution in [0, 0.1) is 17.1 Å². The molecule has 0 spiro atoms. The number of hydrogen-bond donors (Lipinski definition) is 1. The number of rotatable bonds is 3. The first-order chi connectivity index (χ1) is 11.1. The van der Waals surface area contributed by atoms with Gasteiger partial charge in [0.05, 0.1) is 16.6 Å². The molecule has 23 heavy (non-hydrogen) atoms. The molecule has 1 aromatic heterocycles. The van der Waals surface area contributed by atoms with E-state index in [4.69, 9.17) is 0 Å². The van der Waals surface area contributed by atoms with Crippen molar-refractivity contribution in [1.29, 1.82) is 5.26 Å². The summed E-state index contributed by atoms with van der Waals surface area (Å²) < 4.78 is 13.2. The zero-order valence-corrected chi connectivity index (χ0v) is 12.8. The highest BCUT2D eigenvalue weighted by molar-refractivity contribution is 5.90. The fourth-order valence-electron chi connectivity index (χ4n) is 2.30. The molecule has 0 bridgehead atoms. The predicted octanol–water partition coefficient (Wildman–Crippen LogP) is 3.83. The van der Waals surface area contributed by atoms with Gasteiger partial charge in [0.1, 0.15) is 17.7 Å². The standard InChI is InChI=1S/C18H15FN4/c1-23(2)15-6-3-12(4-7-15)9-13(11-20)18-21-16-8-5-14(19)10-17(16)22-18/h3-10H,1-2H3,(H,21,22)/b13-9-. The quantitative estimate of drug-likeness (QED) is 0.748. The smallest absolute Gasteiger partial charge is 0.149 e. The second-order valence-corrected chi connectivity index (χ2v) is 5.40. The van der Waals surface area contributed by atoms with E-state index in [-0.39, 0.29) is 5.82 Å². The number of fused-ring (bicyclic) bond motifs is 1. The average molecular weight is 306 g/mol. The van der Waals surface area contributed by atoms with Gasteiger partial charge in [-0.2, -0.15) is 5.26 Å². The molecule has 0 atom stereocenters. The lowest BCUT2D eigenvalue weighted by atomic mass is 10.1. The molecule has 5 heteroatoms. The Labute approximate surface area is 133 Å². The van der Waals surface area contributed by atoms with Gasteiger partial charge >= 0.3 is 0 Å². The van der Waals surface area contributed by atoms with E-state index < -0.39 is 0 Å². The number of nitrogens with one attached hydrogen (secondary N) is 1. The van der Waals surface area contributed by atoms with Crippen LogP contribution in [0.25, 0.3) is 22.7 Å². The molecule has 0 saturated carbocycles. The highest BCUT2D eigenvalue weighted by Gasteiger charge is 2.08. The van der Waals surface area contributed by atoms with Gasteiger partial charge in [-0.1, -0.05) is 12.1 Å². The van der Waals surface area contributed by atoms with E-state index in [2.05, 4.69) is 16.0 Å². The van der Waals surface area contributed by atoms with E-state index in [1.54, 1.807) is 12.1 Å². The van der Waals surface area contributed by atoms with Crippen LogP contribution in [0.1, 0.15) is 11.4 Å². The summed E-state index contributed by atoms with van der Waals surface area (Å²) in [5, 5.41) is 9.40. The molecule has 2 aromatic carbocycles. The second-order valence-electron chi connectivity index (χ2n) is 5.40. The van der Waals surface area contributed by atoms with E-state index in [0.717, 1.165) is 11.3 Å². The summed E-state index contributed by atoms with van der Waals surface area (Å²) in [4.78, 5) is 9.34. The molecule has 0 amide bonds. The SMILES string of the molecule is CN(C)c1ccc(/C=C(/C#N)c2nc3ccc(F)cc3[nH]2)cc1. The van der Waals surface area contributed by atoms with Crippen molar-refractivity contribution in [3.63, 3.8) is 0 Å². The van der Waals surface area contributed by atoms with E-state index in [9.17, 15) is 9.65 Å². The Balaban J connectivity index is 1.98. The molecule has 0 aliphatic heterocycles. The van der Waals surface area contributed by atoms with Crippen molar-refractivity contribution in [3.8, 4) is 6.07 Å². The fraction of sp³-hybridized carbons (Fsp3) is 0.111. The lowest BCUT2D eigenvalue weighted by Crippen LogP contribution is -2.07. The number of benzene rings is 2. The third-order valence-electron chi connectivity index (χ3n) is 3.54. The van der Waals surface area contributed by atoms with Crippen molar-refractivity contribution in [2.24, 2.45) is 0 Å². The third-order valence-corrected chi connectivity index (χ3v) is 3.54. The number of H-pyrrole nitrogens is 1. The Bertz CT molecular complexity index is 914. The number of nitrogens with zero attached hydrogens (tertiary/aromatic N) is 3. The number of imidazole rings is 1. The molecule has 0 fully saturated rings. The molecule has 0 aliphatic carbocycles. The topological polar surface area (TPSA) is 55.7 Å². The predicted molar refractivity (Wildman–Crippen MR) is 90.3 cm³/mol. The number of aromatic amines is 1. The van der Waals surface area contributed by atoms with Crippen molar-refractivity contribution in [1.82, 2.24) is 9.97 Å². The van der Waals surface area contributed by atoms with Gasteiger partial charge in [0.2, 0.25) is 0 Å². The van der Waals surface area contributed by atoms with E-state index in [0.29, 0.717) is 22.4 Å². The first kappa shape index (κ1) is 14.8. The number of aromatic nitrogens is 2. The maximum Gasteiger partial charge on any atom is 0.149 e. The van der Waals surface area contributed by atoms with E-state index >= 15 is 0 Å². The minimum atomic E-state index is -0.338. The first-order valence-corrected chi connectivity index (χ1v) is 7.11. The molecule has 3 rings (SSSR count). The maximum atomic E-state index is 13.2. The Morgan fingerprint density at radius 3 is 2.61 bits per heavy atom. The zero-order chi connectivity index (χ0) is 16.4. The Morgan fingerprint density at radius 2 is 1.96 bits per heavy atom. The first-order valence-electron chi connectivity index (χ1n) is 7.11. The average Bonchev–Trinajstić information content (AvgIpc) is 2.95. The summed E-state index contributed by atoms with van der Waals surface area (Å²) in [6.07, 6.45) is 1.76. The van der Waals surface area contributed by atoms with Crippen LogP contribution in [-0.2, 0) is 0 Å². The van der Waals surface area contributed by atoms with Gasteiger partial charge in [-0.25, -0.2) is 9.37 Å². The molecule has 114 valence electrons. The minimum absolute atomic E-state index is 0.338. The summed E-state index contributed by atoms with van der Waals surface area (Å²) in [5.74, 6) is 0.0965. The molecule has 1 heterocycles. The molecule has 0 unspecified atom stereocenters. The molecule has 0 saturated heterocycles. The van der Waals surface area contributed by atoms with Gasteiger partial charge in [0.15, 0.2) is 0 Å². The zero-order valence-electron chi connectivity index (χ0n) is 12.8. The highest BCUT2D eigenvalue weighted by atomic mass is 19.1. The maximum absolute atomic E-state index is 13.2. The van der Waals surface area contributed by atoms with Crippen molar-refractivity contribution in [3.05, 3.63) is 59.7 Å². The van der Waals surface area contributed by atoms with Crippen molar-refractivity contribution < 1.29 is 4.39 Å². The largest absolute Gasteiger partial charge is 0.378 e.